The maximum atomic E-state index is 12.5. The normalized spacial score (nSPS) is 10.2. The first kappa shape index (κ1) is 17.2. The van der Waals surface area contributed by atoms with E-state index in [-0.39, 0.29) is 11.8 Å². The molecule has 130 valence electrons. The predicted octanol–water partition coefficient (Wildman–Crippen LogP) is 3.04. The summed E-state index contributed by atoms with van der Waals surface area (Å²) in [5.41, 5.74) is 2.26. The molecule has 0 bridgehead atoms. The zero-order valence-corrected chi connectivity index (χ0v) is 14.1. The third kappa shape index (κ3) is 3.87. The van der Waals surface area contributed by atoms with E-state index in [1.165, 1.54) is 0 Å². The minimum absolute atomic E-state index is 0.267. The van der Waals surface area contributed by atoms with Gasteiger partial charge in [-0.05, 0) is 36.4 Å². The zero-order chi connectivity index (χ0) is 18.4. The number of nitrogens with one attached hydrogen (secondary N) is 2. The van der Waals surface area contributed by atoms with Gasteiger partial charge in [0, 0.05) is 30.2 Å². The van der Waals surface area contributed by atoms with Crippen LogP contribution in [-0.2, 0) is 0 Å². The van der Waals surface area contributed by atoms with Crippen LogP contribution >= 0.6 is 0 Å². The monoisotopic (exact) mass is 346 g/mol. The molecule has 6 heteroatoms. The number of para-hydroxylation sites is 1. The first-order valence-corrected chi connectivity index (χ1v) is 8.07. The van der Waals surface area contributed by atoms with Gasteiger partial charge in [-0.3, -0.25) is 9.59 Å². The topological polar surface area (TPSA) is 76.0 Å². The summed E-state index contributed by atoms with van der Waals surface area (Å²) in [5, 5.41) is 5.50. The molecule has 6 nitrogen and oxygen atoms in total. The third-order valence-electron chi connectivity index (χ3n) is 3.76. The number of nitrogens with zero attached hydrogens (tertiary/aromatic N) is 2. The van der Waals surface area contributed by atoms with E-state index >= 15 is 0 Å². The lowest BCUT2D eigenvalue weighted by molar-refractivity contribution is 0.0959. The lowest BCUT2D eigenvalue weighted by Crippen LogP contribution is -2.25. The molecule has 0 fully saturated rings. The number of benzene rings is 2. The SMILES string of the molecule is C=CCNC(=O)c1ccccc1NC(=O)c1ccc(-n2ccnc2)cc1. The number of amides is 2. The molecule has 26 heavy (non-hydrogen) atoms. The van der Waals surface area contributed by atoms with E-state index in [4.69, 9.17) is 0 Å². The van der Waals surface area contributed by atoms with Crippen LogP contribution in [0.2, 0.25) is 0 Å². The molecule has 2 aromatic carbocycles. The Kier molecular flexibility index (Phi) is 5.24. The smallest absolute Gasteiger partial charge is 0.255 e. The van der Waals surface area contributed by atoms with Crippen molar-refractivity contribution in [2.45, 2.75) is 0 Å². The number of hydrogen-bond acceptors (Lipinski definition) is 3. The Morgan fingerprint density at radius 1 is 1.08 bits per heavy atom. The van der Waals surface area contributed by atoms with E-state index in [0.29, 0.717) is 23.4 Å². The Morgan fingerprint density at radius 3 is 2.54 bits per heavy atom. The number of anilines is 1. The van der Waals surface area contributed by atoms with E-state index in [9.17, 15) is 9.59 Å². The minimum atomic E-state index is -0.286. The van der Waals surface area contributed by atoms with Crippen molar-refractivity contribution in [2.24, 2.45) is 0 Å². The van der Waals surface area contributed by atoms with Gasteiger partial charge in [0.05, 0.1) is 17.6 Å². The van der Waals surface area contributed by atoms with Gasteiger partial charge >= 0.3 is 0 Å². The van der Waals surface area contributed by atoms with Crippen molar-refractivity contribution >= 4 is 17.5 Å². The summed E-state index contributed by atoms with van der Waals surface area (Å²) >= 11 is 0. The second-order valence-electron chi connectivity index (χ2n) is 5.52. The summed E-state index contributed by atoms with van der Waals surface area (Å²) < 4.78 is 1.85. The van der Waals surface area contributed by atoms with Gasteiger partial charge in [-0.2, -0.15) is 0 Å². The maximum Gasteiger partial charge on any atom is 0.255 e. The first-order chi connectivity index (χ1) is 12.7. The molecule has 0 spiro atoms. The molecule has 1 heterocycles. The summed E-state index contributed by atoms with van der Waals surface area (Å²) in [4.78, 5) is 28.7. The molecule has 0 atom stereocenters. The molecule has 3 aromatic rings. The highest BCUT2D eigenvalue weighted by Crippen LogP contribution is 2.17. The van der Waals surface area contributed by atoms with Crippen LogP contribution in [0.5, 0.6) is 0 Å². The zero-order valence-electron chi connectivity index (χ0n) is 14.1. The minimum Gasteiger partial charge on any atom is -0.349 e. The van der Waals surface area contributed by atoms with Crippen molar-refractivity contribution < 1.29 is 9.59 Å². The molecular formula is C20H18N4O2. The van der Waals surface area contributed by atoms with Gasteiger partial charge in [-0.25, -0.2) is 4.98 Å². The van der Waals surface area contributed by atoms with Gasteiger partial charge in [0.2, 0.25) is 0 Å². The lowest BCUT2D eigenvalue weighted by atomic mass is 10.1. The molecule has 2 N–H and O–H groups in total. The second kappa shape index (κ2) is 7.94. The lowest BCUT2D eigenvalue weighted by Gasteiger charge is -2.11. The number of carbonyl (C=O) groups is 2. The van der Waals surface area contributed by atoms with E-state index in [1.54, 1.807) is 55.0 Å². The highest BCUT2D eigenvalue weighted by molar-refractivity contribution is 6.09. The maximum absolute atomic E-state index is 12.5. The molecule has 0 saturated carbocycles. The van der Waals surface area contributed by atoms with E-state index < -0.39 is 0 Å². The first-order valence-electron chi connectivity index (χ1n) is 8.07. The molecule has 0 radical (unpaired) electrons. The molecule has 0 unspecified atom stereocenters. The summed E-state index contributed by atoms with van der Waals surface area (Å²) in [6.45, 7) is 3.93. The van der Waals surface area contributed by atoms with Crippen molar-refractivity contribution in [3.8, 4) is 5.69 Å². The summed E-state index contributed by atoms with van der Waals surface area (Å²) in [6, 6.07) is 14.0. The molecule has 3 rings (SSSR count). The van der Waals surface area contributed by atoms with Gasteiger partial charge in [-0.1, -0.05) is 18.2 Å². The molecule has 0 aliphatic rings. The largest absolute Gasteiger partial charge is 0.349 e. The van der Waals surface area contributed by atoms with Crippen molar-refractivity contribution in [3.05, 3.63) is 91.0 Å². The van der Waals surface area contributed by atoms with Gasteiger partial charge in [-0.15, -0.1) is 6.58 Å². The molecule has 0 saturated heterocycles. The Labute approximate surface area is 151 Å². The van der Waals surface area contributed by atoms with Gasteiger partial charge in [0.1, 0.15) is 0 Å². The number of carbonyl (C=O) groups excluding carboxylic acids is 2. The summed E-state index contributed by atoms with van der Waals surface area (Å²) in [6.07, 6.45) is 6.80. The standard InChI is InChI=1S/C20H18N4O2/c1-2-11-22-20(26)17-5-3-4-6-18(17)23-19(25)15-7-9-16(10-8-15)24-13-12-21-14-24/h2-10,12-14H,1,11H2,(H,22,26)(H,23,25). The average Bonchev–Trinajstić information content (AvgIpc) is 3.21. The fraction of sp³-hybridized carbons (Fsp3) is 0.0500. The molecule has 1 aromatic heterocycles. The molecule has 0 aliphatic carbocycles. The quantitative estimate of drug-likeness (QED) is 0.674. The van der Waals surface area contributed by atoms with Gasteiger partial charge in [0.25, 0.3) is 11.8 Å². The van der Waals surface area contributed by atoms with Crippen LogP contribution in [0.4, 0.5) is 5.69 Å². The highest BCUT2D eigenvalue weighted by atomic mass is 16.2. The fourth-order valence-corrected chi connectivity index (χ4v) is 2.44. The van der Waals surface area contributed by atoms with Crippen LogP contribution in [0, 0.1) is 0 Å². The van der Waals surface area contributed by atoms with Gasteiger partial charge in [0.15, 0.2) is 0 Å². The van der Waals surface area contributed by atoms with Crippen molar-refractivity contribution in [1.29, 1.82) is 0 Å². The van der Waals surface area contributed by atoms with Gasteiger partial charge < -0.3 is 15.2 Å². The number of aromatic nitrogens is 2. The van der Waals surface area contributed by atoms with Crippen LogP contribution < -0.4 is 10.6 Å². The van der Waals surface area contributed by atoms with Crippen LogP contribution in [0.1, 0.15) is 20.7 Å². The molecular weight excluding hydrogens is 328 g/mol. The Morgan fingerprint density at radius 2 is 1.85 bits per heavy atom. The third-order valence-corrected chi connectivity index (χ3v) is 3.76. The Balaban J connectivity index is 1.76. The van der Waals surface area contributed by atoms with E-state index in [2.05, 4.69) is 22.2 Å². The second-order valence-corrected chi connectivity index (χ2v) is 5.52. The van der Waals surface area contributed by atoms with Crippen LogP contribution in [0.3, 0.4) is 0 Å². The summed E-state index contributed by atoms with van der Waals surface area (Å²) in [5.74, 6) is -0.553. The van der Waals surface area contributed by atoms with Crippen LogP contribution in [-0.4, -0.2) is 27.9 Å². The van der Waals surface area contributed by atoms with E-state index in [0.717, 1.165) is 5.69 Å². The Bertz CT molecular complexity index is 915. The van der Waals surface area contributed by atoms with Crippen LogP contribution in [0.15, 0.2) is 79.9 Å². The molecule has 0 aliphatic heterocycles. The van der Waals surface area contributed by atoms with Crippen molar-refractivity contribution in [2.75, 3.05) is 11.9 Å². The average molecular weight is 346 g/mol. The summed E-state index contributed by atoms with van der Waals surface area (Å²) in [7, 11) is 0. The number of rotatable bonds is 6. The van der Waals surface area contributed by atoms with Crippen molar-refractivity contribution in [1.82, 2.24) is 14.9 Å². The van der Waals surface area contributed by atoms with E-state index in [1.807, 2.05) is 22.9 Å². The fourth-order valence-electron chi connectivity index (χ4n) is 2.44. The Hall–Kier alpha value is -3.67. The highest BCUT2D eigenvalue weighted by Gasteiger charge is 2.13. The number of hydrogen-bond donors (Lipinski definition) is 2. The molecule has 2 amide bonds. The number of imidazole rings is 1. The van der Waals surface area contributed by atoms with Crippen LogP contribution in [0.25, 0.3) is 5.69 Å². The van der Waals surface area contributed by atoms with Crippen molar-refractivity contribution in [3.63, 3.8) is 0 Å². The predicted molar refractivity (Wildman–Crippen MR) is 100 cm³/mol.